The second-order valence-electron chi connectivity index (χ2n) is 9.31. The molecule has 0 radical (unpaired) electrons. The molecule has 3 atom stereocenters. The van der Waals surface area contributed by atoms with Crippen LogP contribution in [-0.2, 0) is 20.0 Å². The predicted octanol–water partition coefficient (Wildman–Crippen LogP) is 1.91. The number of hydrogen-bond donors (Lipinski definition) is 2. The molecule has 198 valence electrons. The van der Waals surface area contributed by atoms with Gasteiger partial charge in [0.1, 0.15) is 11.9 Å². The number of aryl methyl sites for hydroxylation is 1. The Morgan fingerprint density at radius 1 is 1.17 bits per heavy atom. The number of likely N-dealkylation sites (N-methyl/N-ethyl adjacent to an activating group) is 1. The number of amides is 1. The van der Waals surface area contributed by atoms with Crippen molar-refractivity contribution in [2.75, 3.05) is 37.7 Å². The number of sulfonamides is 2. The number of fused-ring (bicyclic) bond motifs is 1. The molecule has 0 aromatic heterocycles. The number of rotatable bonds is 8. The summed E-state index contributed by atoms with van der Waals surface area (Å²) in [4.78, 5) is 15.1. The van der Waals surface area contributed by atoms with Crippen molar-refractivity contribution < 1.29 is 31.5 Å². The second kappa shape index (κ2) is 10.8. The van der Waals surface area contributed by atoms with E-state index in [1.807, 2.05) is 13.8 Å². The van der Waals surface area contributed by atoms with Crippen molar-refractivity contribution in [1.29, 1.82) is 0 Å². The van der Waals surface area contributed by atoms with Gasteiger partial charge in [-0.05, 0) is 44.2 Å². The van der Waals surface area contributed by atoms with Gasteiger partial charge in [0, 0.05) is 25.2 Å². The number of carbonyl (C=O) groups is 1. The van der Waals surface area contributed by atoms with Gasteiger partial charge in [-0.3, -0.25) is 9.52 Å². The highest BCUT2D eigenvalue weighted by Crippen LogP contribution is 2.31. The summed E-state index contributed by atoms with van der Waals surface area (Å²) in [6.45, 7) is 5.37. The molecular weight excluding hydrogens is 506 g/mol. The SMILES string of the molecule is Cc1ccc(S(=O)(=O)N(C)C[C@@H]2Oc3ccc(NS(C)(=O)=O)cc3C(=O)N([C@@H](C)CO)C[C@H]2C)cc1. The lowest BCUT2D eigenvalue weighted by Gasteiger charge is -2.38. The molecule has 0 saturated carbocycles. The zero-order valence-corrected chi connectivity index (χ0v) is 22.6. The average Bonchev–Trinajstić information content (AvgIpc) is 2.80. The van der Waals surface area contributed by atoms with Crippen molar-refractivity contribution in [2.24, 2.45) is 5.92 Å². The number of nitrogens with one attached hydrogen (secondary N) is 1. The molecule has 1 amide bonds. The van der Waals surface area contributed by atoms with Crippen LogP contribution in [0.4, 0.5) is 5.69 Å². The van der Waals surface area contributed by atoms with Gasteiger partial charge in [0.25, 0.3) is 5.91 Å². The molecular formula is C24H33N3O7S2. The normalized spacial score (nSPS) is 19.8. The monoisotopic (exact) mass is 539 g/mol. The lowest BCUT2D eigenvalue weighted by Crippen LogP contribution is -2.50. The molecule has 0 saturated heterocycles. The lowest BCUT2D eigenvalue weighted by molar-refractivity contribution is 0.0387. The van der Waals surface area contributed by atoms with Crippen LogP contribution in [0, 0.1) is 12.8 Å². The molecule has 0 aliphatic carbocycles. The summed E-state index contributed by atoms with van der Waals surface area (Å²) in [5, 5.41) is 9.77. The van der Waals surface area contributed by atoms with Gasteiger partial charge in [0.2, 0.25) is 20.0 Å². The fourth-order valence-electron chi connectivity index (χ4n) is 3.96. The number of aliphatic hydroxyl groups excluding tert-OH is 1. The Morgan fingerprint density at radius 2 is 1.81 bits per heavy atom. The molecule has 1 aliphatic rings. The van der Waals surface area contributed by atoms with Crippen LogP contribution in [0.5, 0.6) is 5.75 Å². The summed E-state index contributed by atoms with van der Waals surface area (Å²) in [6.07, 6.45) is 0.369. The van der Waals surface area contributed by atoms with Crippen molar-refractivity contribution in [3.63, 3.8) is 0 Å². The van der Waals surface area contributed by atoms with Gasteiger partial charge in [-0.2, -0.15) is 4.31 Å². The number of nitrogens with zero attached hydrogens (tertiary/aromatic N) is 2. The van der Waals surface area contributed by atoms with Crippen molar-refractivity contribution in [3.05, 3.63) is 53.6 Å². The van der Waals surface area contributed by atoms with Gasteiger partial charge in [0.05, 0.1) is 35.9 Å². The van der Waals surface area contributed by atoms with Crippen LogP contribution in [0.25, 0.3) is 0 Å². The van der Waals surface area contributed by atoms with Crippen molar-refractivity contribution >= 4 is 31.6 Å². The first kappa shape index (κ1) is 27.9. The molecule has 1 heterocycles. The van der Waals surface area contributed by atoms with Crippen LogP contribution in [-0.4, -0.2) is 82.2 Å². The Hall–Kier alpha value is -2.67. The van der Waals surface area contributed by atoms with E-state index in [-0.39, 0.29) is 47.5 Å². The van der Waals surface area contributed by atoms with Crippen LogP contribution in [0.2, 0.25) is 0 Å². The van der Waals surface area contributed by atoms with Gasteiger partial charge < -0.3 is 14.7 Å². The fourth-order valence-corrected chi connectivity index (χ4v) is 5.70. The van der Waals surface area contributed by atoms with Crippen molar-refractivity contribution in [3.8, 4) is 5.75 Å². The van der Waals surface area contributed by atoms with Crippen LogP contribution in [0.15, 0.2) is 47.4 Å². The number of aliphatic hydroxyl groups is 1. The van der Waals surface area contributed by atoms with E-state index < -0.39 is 38.1 Å². The second-order valence-corrected chi connectivity index (χ2v) is 13.1. The molecule has 0 spiro atoms. The van der Waals surface area contributed by atoms with E-state index in [9.17, 15) is 26.7 Å². The maximum absolute atomic E-state index is 13.4. The van der Waals surface area contributed by atoms with Gasteiger partial charge in [-0.25, -0.2) is 16.8 Å². The summed E-state index contributed by atoms with van der Waals surface area (Å²) in [7, 11) is -5.90. The van der Waals surface area contributed by atoms with E-state index in [2.05, 4.69) is 4.72 Å². The van der Waals surface area contributed by atoms with E-state index in [0.29, 0.717) is 0 Å². The molecule has 10 nitrogen and oxygen atoms in total. The number of ether oxygens (including phenoxy) is 1. The number of carbonyl (C=O) groups excluding carboxylic acids is 1. The minimum Gasteiger partial charge on any atom is -0.488 e. The van der Waals surface area contributed by atoms with E-state index >= 15 is 0 Å². The third-order valence-electron chi connectivity index (χ3n) is 6.13. The average molecular weight is 540 g/mol. The molecule has 0 bridgehead atoms. The molecule has 2 aromatic carbocycles. The Balaban J connectivity index is 1.99. The highest BCUT2D eigenvalue weighted by Gasteiger charge is 2.35. The first-order valence-corrected chi connectivity index (χ1v) is 14.8. The largest absolute Gasteiger partial charge is 0.488 e. The number of benzene rings is 2. The van der Waals surface area contributed by atoms with E-state index in [4.69, 9.17) is 4.74 Å². The van der Waals surface area contributed by atoms with Crippen molar-refractivity contribution in [2.45, 2.75) is 37.8 Å². The van der Waals surface area contributed by atoms with Gasteiger partial charge >= 0.3 is 0 Å². The molecule has 0 unspecified atom stereocenters. The van der Waals surface area contributed by atoms with Gasteiger partial charge in [0.15, 0.2) is 0 Å². The van der Waals surface area contributed by atoms with Crippen LogP contribution in [0.3, 0.4) is 0 Å². The summed E-state index contributed by atoms with van der Waals surface area (Å²) in [5.41, 5.74) is 1.25. The third-order valence-corrected chi connectivity index (χ3v) is 8.58. The van der Waals surface area contributed by atoms with Gasteiger partial charge in [-0.15, -0.1) is 0 Å². The molecule has 1 aliphatic heterocycles. The molecule has 36 heavy (non-hydrogen) atoms. The topological polar surface area (TPSA) is 133 Å². The molecule has 2 N–H and O–H groups in total. The maximum Gasteiger partial charge on any atom is 0.258 e. The number of hydrogen-bond acceptors (Lipinski definition) is 7. The first-order valence-electron chi connectivity index (χ1n) is 11.5. The minimum atomic E-state index is -3.79. The minimum absolute atomic E-state index is 0.00962. The molecule has 12 heteroatoms. The fraction of sp³-hybridized carbons (Fsp3) is 0.458. The quantitative estimate of drug-likeness (QED) is 0.523. The Kier molecular flexibility index (Phi) is 8.33. The maximum atomic E-state index is 13.4. The Bertz CT molecular complexity index is 1310. The van der Waals surface area contributed by atoms with Crippen molar-refractivity contribution in [1.82, 2.24) is 9.21 Å². The predicted molar refractivity (Wildman–Crippen MR) is 137 cm³/mol. The summed E-state index contributed by atoms with van der Waals surface area (Å²) in [6, 6.07) is 10.4. The Labute approximate surface area is 213 Å². The summed E-state index contributed by atoms with van der Waals surface area (Å²) in [5.74, 6) is -0.512. The summed E-state index contributed by atoms with van der Waals surface area (Å²) < 4.78 is 59.5. The highest BCUT2D eigenvalue weighted by atomic mass is 32.2. The molecule has 3 rings (SSSR count). The number of anilines is 1. The lowest BCUT2D eigenvalue weighted by atomic mass is 9.99. The van der Waals surface area contributed by atoms with Crippen LogP contribution >= 0.6 is 0 Å². The highest BCUT2D eigenvalue weighted by molar-refractivity contribution is 7.92. The standard InChI is InChI=1S/C24H33N3O7S2/c1-16-6-9-20(10-7-16)36(32,33)26(4)14-23-17(2)13-27(18(3)15-28)24(29)21-12-19(25-35(5,30)31)8-11-22(21)34-23/h6-12,17-18,23,25,28H,13-15H2,1-5H3/t17-,18+,23+/m1/s1. The molecule has 0 fully saturated rings. The van der Waals surface area contributed by atoms with Crippen LogP contribution in [0.1, 0.15) is 29.8 Å². The zero-order valence-electron chi connectivity index (χ0n) is 21.0. The van der Waals surface area contributed by atoms with Gasteiger partial charge in [-0.1, -0.05) is 24.6 Å². The summed E-state index contributed by atoms with van der Waals surface area (Å²) >= 11 is 0. The van der Waals surface area contributed by atoms with E-state index in [1.165, 1.54) is 34.5 Å². The van der Waals surface area contributed by atoms with E-state index in [1.54, 1.807) is 31.2 Å². The Morgan fingerprint density at radius 3 is 2.39 bits per heavy atom. The van der Waals surface area contributed by atoms with E-state index in [0.717, 1.165) is 11.8 Å². The zero-order chi connectivity index (χ0) is 26.8. The smallest absolute Gasteiger partial charge is 0.258 e. The third kappa shape index (κ3) is 6.36. The first-order chi connectivity index (χ1) is 16.7. The van der Waals surface area contributed by atoms with Crippen LogP contribution < -0.4 is 9.46 Å². The molecule has 2 aromatic rings.